The minimum atomic E-state index is -0.540. The number of aryl methyl sites for hydroxylation is 2. The van der Waals surface area contributed by atoms with Crippen molar-refractivity contribution in [2.75, 3.05) is 5.32 Å². The zero-order chi connectivity index (χ0) is 16.1. The molecule has 4 heteroatoms. The lowest BCUT2D eigenvalue weighted by Gasteiger charge is -2.18. The van der Waals surface area contributed by atoms with Crippen LogP contribution in [0.4, 0.5) is 5.69 Å². The molecule has 2 aromatic carbocycles. The van der Waals surface area contributed by atoms with Crippen LogP contribution in [-0.2, 0) is 4.79 Å². The predicted octanol–water partition coefficient (Wildman–Crippen LogP) is 4.75. The van der Waals surface area contributed by atoms with Crippen LogP contribution in [0.2, 0.25) is 5.02 Å². The van der Waals surface area contributed by atoms with Crippen molar-refractivity contribution < 1.29 is 9.53 Å². The molecule has 0 spiro atoms. The number of amides is 1. The Morgan fingerprint density at radius 3 is 2.64 bits per heavy atom. The highest BCUT2D eigenvalue weighted by Crippen LogP contribution is 2.21. The molecule has 0 heterocycles. The molecule has 3 nitrogen and oxygen atoms in total. The Balaban J connectivity index is 2.06. The standard InChI is InChI=1S/C18H20ClNO2/c1-4-17(22-15-7-5-6-12(2)10-15)18(21)20-14-9-8-13(3)16(19)11-14/h5-11,17H,4H2,1-3H3,(H,20,21)/t17-/m1/s1. The van der Waals surface area contributed by atoms with Gasteiger partial charge in [0, 0.05) is 10.7 Å². The van der Waals surface area contributed by atoms with Crippen molar-refractivity contribution in [3.63, 3.8) is 0 Å². The van der Waals surface area contributed by atoms with Gasteiger partial charge in [-0.2, -0.15) is 0 Å². The molecule has 1 N–H and O–H groups in total. The van der Waals surface area contributed by atoms with Crippen molar-refractivity contribution in [3.05, 3.63) is 58.6 Å². The molecule has 0 saturated heterocycles. The van der Waals surface area contributed by atoms with E-state index in [0.717, 1.165) is 11.1 Å². The number of hydrogen-bond donors (Lipinski definition) is 1. The van der Waals surface area contributed by atoms with Crippen LogP contribution < -0.4 is 10.1 Å². The van der Waals surface area contributed by atoms with E-state index < -0.39 is 6.10 Å². The van der Waals surface area contributed by atoms with Gasteiger partial charge in [0.2, 0.25) is 0 Å². The van der Waals surface area contributed by atoms with Crippen molar-refractivity contribution >= 4 is 23.2 Å². The van der Waals surface area contributed by atoms with Crippen LogP contribution in [0.15, 0.2) is 42.5 Å². The lowest BCUT2D eigenvalue weighted by Crippen LogP contribution is -2.32. The minimum absolute atomic E-state index is 0.177. The van der Waals surface area contributed by atoms with Gasteiger partial charge in [-0.15, -0.1) is 0 Å². The minimum Gasteiger partial charge on any atom is -0.481 e. The van der Waals surface area contributed by atoms with Crippen molar-refractivity contribution in [1.29, 1.82) is 0 Å². The quantitative estimate of drug-likeness (QED) is 0.864. The summed E-state index contributed by atoms with van der Waals surface area (Å²) in [6.45, 7) is 5.83. The normalized spacial score (nSPS) is 11.8. The molecule has 2 aromatic rings. The molecule has 0 aliphatic rings. The topological polar surface area (TPSA) is 38.3 Å². The lowest BCUT2D eigenvalue weighted by molar-refractivity contribution is -0.122. The van der Waals surface area contributed by atoms with Gasteiger partial charge < -0.3 is 10.1 Å². The van der Waals surface area contributed by atoms with Crippen LogP contribution in [0.1, 0.15) is 24.5 Å². The number of carbonyl (C=O) groups is 1. The summed E-state index contributed by atoms with van der Waals surface area (Å²) in [4.78, 5) is 12.4. The highest BCUT2D eigenvalue weighted by atomic mass is 35.5. The Morgan fingerprint density at radius 2 is 2.00 bits per heavy atom. The first-order valence-corrected chi connectivity index (χ1v) is 7.67. The number of benzene rings is 2. The van der Waals surface area contributed by atoms with E-state index in [1.165, 1.54) is 0 Å². The summed E-state index contributed by atoms with van der Waals surface area (Å²) in [7, 11) is 0. The number of nitrogens with one attached hydrogen (secondary N) is 1. The number of carbonyl (C=O) groups excluding carboxylic acids is 1. The van der Waals surface area contributed by atoms with Crippen LogP contribution in [0.25, 0.3) is 0 Å². The zero-order valence-corrected chi connectivity index (χ0v) is 13.8. The Kier molecular flexibility index (Phi) is 5.45. The third-order valence-electron chi connectivity index (χ3n) is 3.37. The molecular weight excluding hydrogens is 298 g/mol. The van der Waals surface area contributed by atoms with E-state index in [4.69, 9.17) is 16.3 Å². The summed E-state index contributed by atoms with van der Waals surface area (Å²) < 4.78 is 5.79. The van der Waals surface area contributed by atoms with E-state index in [9.17, 15) is 4.79 Å². The van der Waals surface area contributed by atoms with Crippen LogP contribution in [0.5, 0.6) is 5.75 Å². The molecule has 1 atom stereocenters. The Labute approximate surface area is 136 Å². The maximum atomic E-state index is 12.4. The highest BCUT2D eigenvalue weighted by Gasteiger charge is 2.18. The lowest BCUT2D eigenvalue weighted by atomic mass is 10.2. The van der Waals surface area contributed by atoms with Crippen molar-refractivity contribution in [3.8, 4) is 5.75 Å². The number of halogens is 1. The first-order chi connectivity index (χ1) is 10.5. The van der Waals surface area contributed by atoms with Crippen LogP contribution >= 0.6 is 11.6 Å². The molecule has 0 bridgehead atoms. The fourth-order valence-electron chi connectivity index (χ4n) is 2.07. The average molecular weight is 318 g/mol. The largest absolute Gasteiger partial charge is 0.481 e. The number of rotatable bonds is 5. The summed E-state index contributed by atoms with van der Waals surface area (Å²) in [5.74, 6) is 0.521. The average Bonchev–Trinajstić information content (AvgIpc) is 2.48. The van der Waals surface area contributed by atoms with Gasteiger partial charge in [-0.1, -0.05) is 36.7 Å². The molecule has 0 saturated carbocycles. The molecule has 0 fully saturated rings. The summed E-state index contributed by atoms with van der Waals surface area (Å²) in [6, 6.07) is 13.1. The van der Waals surface area contributed by atoms with E-state index >= 15 is 0 Å². The molecule has 0 aliphatic carbocycles. The van der Waals surface area contributed by atoms with Gasteiger partial charge in [-0.05, 0) is 55.7 Å². The molecule has 0 aliphatic heterocycles. The third kappa shape index (κ3) is 4.25. The zero-order valence-electron chi connectivity index (χ0n) is 13.0. The molecule has 22 heavy (non-hydrogen) atoms. The number of hydrogen-bond acceptors (Lipinski definition) is 2. The van der Waals surface area contributed by atoms with Gasteiger partial charge in [0.25, 0.3) is 5.91 Å². The number of ether oxygens (including phenoxy) is 1. The van der Waals surface area contributed by atoms with E-state index in [0.29, 0.717) is 22.9 Å². The molecule has 116 valence electrons. The van der Waals surface area contributed by atoms with Gasteiger partial charge in [0.15, 0.2) is 6.10 Å². The molecule has 0 radical (unpaired) electrons. The van der Waals surface area contributed by atoms with Crippen molar-refractivity contribution in [2.45, 2.75) is 33.3 Å². The van der Waals surface area contributed by atoms with Crippen molar-refractivity contribution in [1.82, 2.24) is 0 Å². The van der Waals surface area contributed by atoms with Gasteiger partial charge in [0.1, 0.15) is 5.75 Å². The van der Waals surface area contributed by atoms with E-state index in [1.54, 1.807) is 6.07 Å². The predicted molar refractivity (Wildman–Crippen MR) is 90.7 cm³/mol. The van der Waals surface area contributed by atoms with Gasteiger partial charge >= 0.3 is 0 Å². The molecule has 1 amide bonds. The smallest absolute Gasteiger partial charge is 0.265 e. The van der Waals surface area contributed by atoms with Gasteiger partial charge in [-0.25, -0.2) is 0 Å². The summed E-state index contributed by atoms with van der Waals surface area (Å²) in [5.41, 5.74) is 2.74. The molecule has 2 rings (SSSR count). The second-order valence-corrected chi connectivity index (χ2v) is 5.69. The second-order valence-electron chi connectivity index (χ2n) is 5.28. The number of anilines is 1. The maximum absolute atomic E-state index is 12.4. The molecule has 0 aromatic heterocycles. The van der Waals surface area contributed by atoms with Gasteiger partial charge in [0.05, 0.1) is 0 Å². The fraction of sp³-hybridized carbons (Fsp3) is 0.278. The SMILES string of the molecule is CC[C@@H](Oc1cccc(C)c1)C(=O)Nc1ccc(C)c(Cl)c1. The third-order valence-corrected chi connectivity index (χ3v) is 3.78. The Hall–Kier alpha value is -2.00. The van der Waals surface area contributed by atoms with Crippen LogP contribution in [0.3, 0.4) is 0 Å². The molecular formula is C18H20ClNO2. The highest BCUT2D eigenvalue weighted by molar-refractivity contribution is 6.31. The second kappa shape index (κ2) is 7.32. The summed E-state index contributed by atoms with van der Waals surface area (Å²) >= 11 is 6.08. The summed E-state index contributed by atoms with van der Waals surface area (Å²) in [5, 5.41) is 3.48. The van der Waals surface area contributed by atoms with E-state index in [2.05, 4.69) is 5.32 Å². The van der Waals surface area contributed by atoms with Crippen LogP contribution in [0, 0.1) is 13.8 Å². The monoisotopic (exact) mass is 317 g/mol. The van der Waals surface area contributed by atoms with Crippen LogP contribution in [-0.4, -0.2) is 12.0 Å². The molecule has 0 unspecified atom stereocenters. The maximum Gasteiger partial charge on any atom is 0.265 e. The van der Waals surface area contributed by atoms with Crippen molar-refractivity contribution in [2.24, 2.45) is 0 Å². The summed E-state index contributed by atoms with van der Waals surface area (Å²) in [6.07, 6.45) is 0.0428. The fourth-order valence-corrected chi connectivity index (χ4v) is 2.25. The van der Waals surface area contributed by atoms with Gasteiger partial charge in [-0.3, -0.25) is 4.79 Å². The first kappa shape index (κ1) is 16.4. The Morgan fingerprint density at radius 1 is 1.23 bits per heavy atom. The van der Waals surface area contributed by atoms with E-state index in [1.807, 2.05) is 57.2 Å². The Bertz CT molecular complexity index is 670. The first-order valence-electron chi connectivity index (χ1n) is 7.30. The van der Waals surface area contributed by atoms with E-state index in [-0.39, 0.29) is 5.91 Å².